The second-order valence-corrected chi connectivity index (χ2v) is 8.19. The Hall–Kier alpha value is -0.780. The van der Waals surface area contributed by atoms with Crippen LogP contribution in [0, 0.1) is 11.3 Å². The molecular weight excluding hydrogens is 325 g/mol. The van der Waals surface area contributed by atoms with E-state index in [1.54, 1.807) is 11.1 Å². The van der Waals surface area contributed by atoms with Gasteiger partial charge in [0.1, 0.15) is 16.3 Å². The molecule has 0 bridgehead atoms. The number of amides is 1. The molecule has 1 saturated carbocycles. The van der Waals surface area contributed by atoms with Crippen molar-refractivity contribution in [2.75, 3.05) is 13.1 Å². The number of hydrogen-bond acceptors (Lipinski definition) is 3. The number of aliphatic hydroxyl groups excluding tert-OH is 1. The highest BCUT2D eigenvalue weighted by atomic mass is 35.5. The molecule has 1 aromatic rings. The molecule has 7 heteroatoms. The first-order chi connectivity index (χ1) is 10.3. The Morgan fingerprint density at radius 2 is 2.23 bits per heavy atom. The highest BCUT2D eigenvalue weighted by molar-refractivity contribution is 6.53. The number of carbonyl (C=O) groups excluding carboxylic acids is 1. The summed E-state index contributed by atoms with van der Waals surface area (Å²) in [4.78, 5) is 18.7. The Morgan fingerprint density at radius 1 is 1.55 bits per heavy atom. The predicted molar refractivity (Wildman–Crippen MR) is 84.6 cm³/mol. The molecule has 22 heavy (non-hydrogen) atoms. The van der Waals surface area contributed by atoms with Gasteiger partial charge >= 0.3 is 0 Å². The van der Waals surface area contributed by atoms with Crippen molar-refractivity contribution >= 4 is 29.1 Å². The molecule has 2 fully saturated rings. The van der Waals surface area contributed by atoms with Crippen molar-refractivity contribution in [3.05, 3.63) is 18.2 Å². The molecule has 1 N–H and O–H groups in total. The van der Waals surface area contributed by atoms with Crippen LogP contribution < -0.4 is 0 Å². The summed E-state index contributed by atoms with van der Waals surface area (Å²) in [6.45, 7) is 3.03. The van der Waals surface area contributed by atoms with Crippen molar-refractivity contribution in [2.45, 2.75) is 36.6 Å². The minimum absolute atomic E-state index is 0.00533. The van der Waals surface area contributed by atoms with E-state index in [-0.39, 0.29) is 11.8 Å². The summed E-state index contributed by atoms with van der Waals surface area (Å²) < 4.78 is 0.867. The Balaban J connectivity index is 1.70. The quantitative estimate of drug-likeness (QED) is 0.855. The van der Waals surface area contributed by atoms with E-state index in [0.717, 1.165) is 12.8 Å². The number of hydrogen-bond donors (Lipinski definition) is 1. The Bertz CT molecular complexity index is 589. The van der Waals surface area contributed by atoms with Gasteiger partial charge in [-0.1, -0.05) is 0 Å². The molecular formula is C15H21Cl2N3O2. The van der Waals surface area contributed by atoms with Crippen LogP contribution in [-0.2, 0) is 11.8 Å². The van der Waals surface area contributed by atoms with Crippen LogP contribution in [0.4, 0.5) is 0 Å². The van der Waals surface area contributed by atoms with Gasteiger partial charge < -0.3 is 14.6 Å². The van der Waals surface area contributed by atoms with Gasteiger partial charge in [0.25, 0.3) is 0 Å². The van der Waals surface area contributed by atoms with Crippen molar-refractivity contribution in [3.63, 3.8) is 0 Å². The third kappa shape index (κ3) is 2.53. The maximum Gasteiger partial charge on any atom is 0.231 e. The first kappa shape index (κ1) is 16.1. The van der Waals surface area contributed by atoms with E-state index in [0.29, 0.717) is 25.3 Å². The lowest BCUT2D eigenvalue weighted by molar-refractivity contribution is -0.139. The zero-order chi connectivity index (χ0) is 16.1. The Labute approximate surface area is 140 Å². The molecule has 1 amide bonds. The number of aromatic nitrogens is 2. The smallest absolute Gasteiger partial charge is 0.231 e. The first-order valence-corrected chi connectivity index (χ1v) is 8.34. The average Bonchev–Trinajstić information content (AvgIpc) is 2.82. The lowest BCUT2D eigenvalue weighted by Crippen LogP contribution is -2.45. The van der Waals surface area contributed by atoms with E-state index in [2.05, 4.69) is 4.98 Å². The van der Waals surface area contributed by atoms with Crippen LogP contribution >= 0.6 is 23.2 Å². The summed E-state index contributed by atoms with van der Waals surface area (Å²) in [5.41, 5.74) is -0.688. The number of alkyl halides is 2. The maximum absolute atomic E-state index is 12.7. The lowest BCUT2D eigenvalue weighted by atomic mass is 9.91. The van der Waals surface area contributed by atoms with Crippen LogP contribution in [0.2, 0.25) is 0 Å². The van der Waals surface area contributed by atoms with E-state index in [9.17, 15) is 9.90 Å². The number of aliphatic hydroxyl groups is 1. The largest absolute Gasteiger partial charge is 0.385 e. The Kier molecular flexibility index (Phi) is 3.94. The minimum atomic E-state index is -0.949. The molecule has 0 radical (unpaired) electrons. The fourth-order valence-electron chi connectivity index (χ4n) is 3.31. The van der Waals surface area contributed by atoms with Crippen molar-refractivity contribution in [1.82, 2.24) is 14.5 Å². The average molecular weight is 346 g/mol. The number of imidazole rings is 1. The van der Waals surface area contributed by atoms with Gasteiger partial charge in [-0.25, -0.2) is 4.98 Å². The van der Waals surface area contributed by atoms with E-state index < -0.39 is 15.9 Å². The SMILES string of the molecule is Cn1ccnc1C(O)C1CCCN(C(=O)C2(C)CC2(Cl)Cl)C1. The number of aryl methyl sites for hydroxylation is 1. The molecule has 2 heterocycles. The van der Waals surface area contributed by atoms with Crippen LogP contribution in [0.15, 0.2) is 12.4 Å². The third-order valence-electron chi connectivity index (χ3n) is 5.04. The van der Waals surface area contributed by atoms with E-state index in [4.69, 9.17) is 23.2 Å². The van der Waals surface area contributed by atoms with Gasteiger partial charge in [0.15, 0.2) is 0 Å². The standard InChI is InChI=1S/C15H21Cl2N3O2/c1-14(9-15(14,16)17)13(22)20-6-3-4-10(8-20)11(21)12-18-5-7-19(12)2/h5,7,10-11,21H,3-4,6,8-9H2,1-2H3. The zero-order valence-electron chi connectivity index (χ0n) is 12.8. The molecule has 2 aliphatic rings. The minimum Gasteiger partial charge on any atom is -0.385 e. The highest BCUT2D eigenvalue weighted by Gasteiger charge is 2.68. The van der Waals surface area contributed by atoms with E-state index in [1.807, 2.05) is 24.7 Å². The molecule has 122 valence electrons. The summed E-state index contributed by atoms with van der Waals surface area (Å²) >= 11 is 12.2. The van der Waals surface area contributed by atoms with E-state index >= 15 is 0 Å². The monoisotopic (exact) mass is 345 g/mol. The predicted octanol–water partition coefficient (Wildman–Crippen LogP) is 2.28. The van der Waals surface area contributed by atoms with Gasteiger partial charge in [0, 0.05) is 38.4 Å². The van der Waals surface area contributed by atoms with Gasteiger partial charge in [0.2, 0.25) is 5.91 Å². The molecule has 0 spiro atoms. The van der Waals surface area contributed by atoms with E-state index in [1.165, 1.54) is 0 Å². The number of carbonyl (C=O) groups is 1. The van der Waals surface area contributed by atoms with Gasteiger partial charge in [-0.15, -0.1) is 23.2 Å². The number of rotatable bonds is 3. The normalized spacial score (nSPS) is 31.9. The molecule has 3 unspecified atom stereocenters. The summed E-state index contributed by atoms with van der Waals surface area (Å²) in [5, 5.41) is 10.6. The molecule has 1 saturated heterocycles. The maximum atomic E-state index is 12.7. The van der Waals surface area contributed by atoms with Crippen LogP contribution in [0.3, 0.4) is 0 Å². The highest BCUT2D eigenvalue weighted by Crippen LogP contribution is 2.64. The molecule has 0 aromatic carbocycles. The van der Waals surface area contributed by atoms with Gasteiger partial charge in [-0.3, -0.25) is 4.79 Å². The van der Waals surface area contributed by atoms with Crippen LogP contribution in [0.1, 0.15) is 38.1 Å². The molecule has 3 rings (SSSR count). The van der Waals surface area contributed by atoms with Gasteiger partial charge in [0.05, 0.1) is 5.41 Å². The lowest BCUT2D eigenvalue weighted by Gasteiger charge is -2.36. The Morgan fingerprint density at radius 3 is 2.77 bits per heavy atom. The fourth-order valence-corrected chi connectivity index (χ4v) is 4.00. The summed E-state index contributed by atoms with van der Waals surface area (Å²) in [6.07, 6.45) is 5.05. The molecule has 5 nitrogen and oxygen atoms in total. The molecule has 3 atom stereocenters. The van der Waals surface area contributed by atoms with Crippen LogP contribution in [0.5, 0.6) is 0 Å². The summed E-state index contributed by atoms with van der Waals surface area (Å²) in [5.74, 6) is 0.622. The van der Waals surface area contributed by atoms with Crippen molar-refractivity contribution in [2.24, 2.45) is 18.4 Å². The van der Waals surface area contributed by atoms with Crippen LogP contribution in [-0.4, -0.2) is 42.9 Å². The number of piperidine rings is 1. The molecule has 1 aliphatic heterocycles. The van der Waals surface area contributed by atoms with Gasteiger partial charge in [-0.05, 0) is 26.2 Å². The topological polar surface area (TPSA) is 58.4 Å². The molecule has 1 aromatic heterocycles. The van der Waals surface area contributed by atoms with Crippen molar-refractivity contribution in [1.29, 1.82) is 0 Å². The summed E-state index contributed by atoms with van der Waals surface area (Å²) in [7, 11) is 1.86. The third-order valence-corrected chi connectivity index (χ3v) is 6.15. The molecule has 1 aliphatic carbocycles. The van der Waals surface area contributed by atoms with Crippen molar-refractivity contribution < 1.29 is 9.90 Å². The zero-order valence-corrected chi connectivity index (χ0v) is 14.3. The van der Waals surface area contributed by atoms with Crippen LogP contribution in [0.25, 0.3) is 0 Å². The summed E-state index contributed by atoms with van der Waals surface area (Å²) in [6, 6.07) is 0. The van der Waals surface area contributed by atoms with Crippen molar-refractivity contribution in [3.8, 4) is 0 Å². The van der Waals surface area contributed by atoms with Gasteiger partial charge in [-0.2, -0.15) is 0 Å². The second kappa shape index (κ2) is 5.39. The number of nitrogens with zero attached hydrogens (tertiary/aromatic N) is 3. The second-order valence-electron chi connectivity index (χ2n) is 6.71. The first-order valence-electron chi connectivity index (χ1n) is 7.59. The number of likely N-dealkylation sites (tertiary alicyclic amines) is 1. The number of halogens is 2. The fraction of sp³-hybridized carbons (Fsp3) is 0.733.